The second-order valence-corrected chi connectivity index (χ2v) is 8.63. The minimum atomic E-state index is -1.34. The topological polar surface area (TPSA) is 32.3 Å². The van der Waals surface area contributed by atoms with E-state index in [2.05, 4.69) is 5.32 Å². The van der Waals surface area contributed by atoms with Crippen LogP contribution in [0.4, 0.5) is 10.1 Å². The first-order chi connectivity index (χ1) is 14.4. The summed E-state index contributed by atoms with van der Waals surface area (Å²) in [5, 5.41) is 3.03. The molecule has 1 amide bonds. The van der Waals surface area contributed by atoms with Crippen molar-refractivity contribution < 1.29 is 9.18 Å². The van der Waals surface area contributed by atoms with Crippen LogP contribution in [0.1, 0.15) is 25.0 Å². The highest BCUT2D eigenvalue weighted by Crippen LogP contribution is 2.48. The van der Waals surface area contributed by atoms with E-state index >= 15 is 4.39 Å². The average Bonchev–Trinajstić information content (AvgIpc) is 2.76. The number of hydrogen-bond acceptors (Lipinski definition) is 2. The Morgan fingerprint density at radius 1 is 0.867 bits per heavy atom. The van der Waals surface area contributed by atoms with Crippen LogP contribution in [0.25, 0.3) is 17.2 Å². The van der Waals surface area contributed by atoms with E-state index in [0.29, 0.717) is 12.1 Å². The molecule has 1 N–H and O–H groups in total. The molecule has 3 aromatic carbocycles. The van der Waals surface area contributed by atoms with Crippen LogP contribution in [-0.2, 0) is 10.5 Å². The first-order valence-electron chi connectivity index (χ1n) is 10.1. The van der Waals surface area contributed by atoms with Gasteiger partial charge in [-0.1, -0.05) is 72.8 Å². The van der Waals surface area contributed by atoms with E-state index in [1.165, 1.54) is 6.08 Å². The minimum absolute atomic E-state index is 0.159. The number of anilines is 1. The predicted molar refractivity (Wildman–Crippen MR) is 118 cm³/mol. The molecule has 30 heavy (non-hydrogen) atoms. The van der Waals surface area contributed by atoms with Crippen LogP contribution in [0.15, 0.2) is 84.7 Å². The van der Waals surface area contributed by atoms with Crippen molar-refractivity contribution in [3.8, 4) is 11.1 Å². The molecule has 2 aliphatic rings. The van der Waals surface area contributed by atoms with Crippen LogP contribution >= 0.6 is 0 Å². The van der Waals surface area contributed by atoms with Gasteiger partial charge in [-0.3, -0.25) is 4.79 Å². The molecule has 4 heteroatoms. The van der Waals surface area contributed by atoms with Crippen LogP contribution in [0, 0.1) is 5.41 Å². The lowest BCUT2D eigenvalue weighted by molar-refractivity contribution is -0.133. The zero-order valence-corrected chi connectivity index (χ0v) is 17.0. The van der Waals surface area contributed by atoms with Gasteiger partial charge in [0.05, 0.1) is 5.41 Å². The van der Waals surface area contributed by atoms with Gasteiger partial charge in [-0.2, -0.15) is 0 Å². The van der Waals surface area contributed by atoms with Gasteiger partial charge in [0, 0.05) is 23.4 Å². The number of carbonyl (C=O) groups excluding carboxylic acids is 1. The van der Waals surface area contributed by atoms with Gasteiger partial charge in [-0.25, -0.2) is 4.39 Å². The van der Waals surface area contributed by atoms with E-state index < -0.39 is 11.1 Å². The van der Waals surface area contributed by atoms with Crippen molar-refractivity contribution in [1.82, 2.24) is 5.32 Å². The summed E-state index contributed by atoms with van der Waals surface area (Å²) >= 11 is 0. The number of hydrogen-bond donors (Lipinski definition) is 1. The number of nitrogens with one attached hydrogen (secondary N) is 1. The fraction of sp³-hybridized carbons (Fsp3) is 0.192. The summed E-state index contributed by atoms with van der Waals surface area (Å²) in [6.45, 7) is 4.20. The van der Waals surface area contributed by atoms with Gasteiger partial charge in [-0.05, 0) is 37.1 Å². The molecule has 0 spiro atoms. The molecule has 3 nitrogen and oxygen atoms in total. The van der Waals surface area contributed by atoms with Gasteiger partial charge in [0.15, 0.2) is 11.5 Å². The van der Waals surface area contributed by atoms with E-state index in [0.717, 1.165) is 22.4 Å². The van der Waals surface area contributed by atoms with Crippen molar-refractivity contribution in [2.45, 2.75) is 19.5 Å². The van der Waals surface area contributed by atoms with Gasteiger partial charge in [-0.15, -0.1) is 0 Å². The Hall–Kier alpha value is -3.40. The average molecular weight is 398 g/mol. The van der Waals surface area contributed by atoms with Crippen molar-refractivity contribution in [2.24, 2.45) is 5.41 Å². The first kappa shape index (κ1) is 18.6. The SMILES string of the molecule is CC1(C)CN2c3ccccc3C=C(F)C2(c2ccc(-c3ccccc3)cc2)NC1=O. The molecule has 0 radical (unpaired) electrons. The van der Waals surface area contributed by atoms with Crippen LogP contribution in [-0.4, -0.2) is 12.5 Å². The number of nitrogens with zero attached hydrogens (tertiary/aromatic N) is 1. The summed E-state index contributed by atoms with van der Waals surface area (Å²) in [5.74, 6) is -0.536. The Labute approximate surface area is 175 Å². The van der Waals surface area contributed by atoms with Gasteiger partial charge >= 0.3 is 0 Å². The summed E-state index contributed by atoms with van der Waals surface area (Å²) in [7, 11) is 0. The highest BCUT2D eigenvalue weighted by Gasteiger charge is 2.54. The monoisotopic (exact) mass is 398 g/mol. The molecule has 0 saturated carbocycles. The molecule has 1 atom stereocenters. The zero-order valence-electron chi connectivity index (χ0n) is 17.0. The molecule has 2 aliphatic heterocycles. The summed E-state index contributed by atoms with van der Waals surface area (Å²) < 4.78 is 15.8. The van der Waals surface area contributed by atoms with E-state index in [4.69, 9.17) is 0 Å². The summed E-state index contributed by atoms with van der Waals surface area (Å²) in [5.41, 5.74) is 2.60. The number of amides is 1. The normalized spacial score (nSPS) is 21.9. The third-order valence-corrected chi connectivity index (χ3v) is 6.13. The summed E-state index contributed by atoms with van der Waals surface area (Å²) in [6, 6.07) is 25.6. The van der Waals surface area contributed by atoms with Gasteiger partial charge in [0.1, 0.15) is 0 Å². The molecule has 5 rings (SSSR count). The minimum Gasteiger partial charge on any atom is -0.338 e. The Morgan fingerprint density at radius 3 is 2.23 bits per heavy atom. The van der Waals surface area contributed by atoms with Crippen molar-refractivity contribution in [2.75, 3.05) is 11.4 Å². The fourth-order valence-corrected chi connectivity index (χ4v) is 4.44. The highest BCUT2D eigenvalue weighted by atomic mass is 19.1. The van der Waals surface area contributed by atoms with Crippen molar-refractivity contribution in [3.05, 3.63) is 95.8 Å². The highest BCUT2D eigenvalue weighted by molar-refractivity contribution is 5.89. The Kier molecular flexibility index (Phi) is 4.07. The van der Waals surface area contributed by atoms with E-state index in [1.807, 2.05) is 97.6 Å². The molecule has 3 aromatic rings. The van der Waals surface area contributed by atoms with E-state index in [9.17, 15) is 4.79 Å². The Morgan fingerprint density at radius 2 is 1.50 bits per heavy atom. The molecule has 1 saturated heterocycles. The first-order valence-corrected chi connectivity index (χ1v) is 10.1. The molecule has 1 unspecified atom stereocenters. The molecular weight excluding hydrogens is 375 g/mol. The number of fused-ring (bicyclic) bond motifs is 3. The molecule has 0 aliphatic carbocycles. The second kappa shape index (κ2) is 6.56. The maximum Gasteiger partial charge on any atom is 0.229 e. The molecular formula is C26H23FN2O. The number of carbonyl (C=O) groups is 1. The molecule has 150 valence electrons. The Bertz CT molecular complexity index is 1150. The van der Waals surface area contributed by atoms with Crippen LogP contribution in [0.3, 0.4) is 0 Å². The molecule has 0 aromatic heterocycles. The standard InChI is InChI=1S/C26H23FN2O/c1-25(2)17-29-22-11-7-6-10-20(22)16-23(27)26(29,28-24(25)30)21-14-12-19(13-15-21)18-8-4-3-5-9-18/h3-16H,17H2,1-2H3,(H,28,30). The van der Waals surface area contributed by atoms with Crippen molar-refractivity contribution >= 4 is 17.7 Å². The van der Waals surface area contributed by atoms with Crippen LogP contribution in [0.2, 0.25) is 0 Å². The summed E-state index contributed by atoms with van der Waals surface area (Å²) in [4.78, 5) is 15.0. The lowest BCUT2D eigenvalue weighted by atomic mass is 9.80. The predicted octanol–water partition coefficient (Wildman–Crippen LogP) is 5.49. The maximum absolute atomic E-state index is 15.8. The van der Waals surface area contributed by atoms with Crippen molar-refractivity contribution in [3.63, 3.8) is 0 Å². The third-order valence-electron chi connectivity index (χ3n) is 6.13. The molecule has 2 heterocycles. The smallest absolute Gasteiger partial charge is 0.229 e. The van der Waals surface area contributed by atoms with Gasteiger partial charge < -0.3 is 10.2 Å². The number of para-hydroxylation sites is 1. The number of rotatable bonds is 2. The van der Waals surface area contributed by atoms with Crippen LogP contribution in [0.5, 0.6) is 0 Å². The largest absolute Gasteiger partial charge is 0.338 e. The quantitative estimate of drug-likeness (QED) is 0.619. The summed E-state index contributed by atoms with van der Waals surface area (Å²) in [6.07, 6.45) is 1.54. The fourth-order valence-electron chi connectivity index (χ4n) is 4.44. The Balaban J connectivity index is 1.67. The van der Waals surface area contributed by atoms with Crippen molar-refractivity contribution in [1.29, 1.82) is 0 Å². The number of halogens is 1. The number of benzene rings is 3. The maximum atomic E-state index is 15.8. The van der Waals surface area contributed by atoms with Gasteiger partial charge in [0.2, 0.25) is 5.91 Å². The lowest BCUT2D eigenvalue weighted by Gasteiger charge is -2.54. The van der Waals surface area contributed by atoms with E-state index in [-0.39, 0.29) is 11.7 Å². The third kappa shape index (κ3) is 2.67. The second-order valence-electron chi connectivity index (χ2n) is 8.63. The zero-order chi connectivity index (χ0) is 20.9. The van der Waals surface area contributed by atoms with E-state index in [1.54, 1.807) is 0 Å². The van der Waals surface area contributed by atoms with Crippen LogP contribution < -0.4 is 10.2 Å². The molecule has 1 fully saturated rings. The van der Waals surface area contributed by atoms with Gasteiger partial charge in [0.25, 0.3) is 0 Å². The lowest BCUT2D eigenvalue weighted by Crippen LogP contribution is -2.69. The molecule has 0 bridgehead atoms.